The Morgan fingerprint density at radius 1 is 1.08 bits per heavy atom. The first-order chi connectivity index (χ1) is 11.7. The Morgan fingerprint density at radius 2 is 1.92 bits per heavy atom. The molecule has 0 saturated carbocycles. The van der Waals surface area contributed by atoms with Gasteiger partial charge in [-0.15, -0.1) is 0 Å². The largest absolute Gasteiger partial charge is 0.497 e. The van der Waals surface area contributed by atoms with Crippen LogP contribution in [-0.4, -0.2) is 23.2 Å². The van der Waals surface area contributed by atoms with Crippen LogP contribution in [0.15, 0.2) is 42.5 Å². The van der Waals surface area contributed by atoms with E-state index in [1.54, 1.807) is 31.4 Å². The monoisotopic (exact) mass is 319 g/mol. The first-order valence-electron chi connectivity index (χ1n) is 8.00. The summed E-state index contributed by atoms with van der Waals surface area (Å²) in [5.74, 6) is -0.285. The molecule has 0 amide bonds. The molecule has 0 unspecified atom stereocenters. The van der Waals surface area contributed by atoms with E-state index in [-0.39, 0.29) is 5.56 Å². The number of aryl methyl sites for hydroxylation is 2. The van der Waals surface area contributed by atoms with Crippen molar-refractivity contribution >= 4 is 16.9 Å². The molecular weight excluding hydrogens is 302 g/mol. The van der Waals surface area contributed by atoms with Crippen LogP contribution in [0.5, 0.6) is 5.75 Å². The predicted octanol–water partition coefficient (Wildman–Crippen LogP) is 4.10. The van der Waals surface area contributed by atoms with Gasteiger partial charge in [0, 0.05) is 17.0 Å². The number of hydrogen-bond donors (Lipinski definition) is 1. The SMILES string of the molecule is COc1ccc2c(C(=O)O)cc(-c3ccc4c(c3)CCC4)nc2c1. The molecule has 1 N–H and O–H groups in total. The van der Waals surface area contributed by atoms with Gasteiger partial charge in [-0.05, 0) is 54.7 Å². The summed E-state index contributed by atoms with van der Waals surface area (Å²) in [7, 11) is 1.59. The van der Waals surface area contributed by atoms with E-state index in [1.807, 2.05) is 6.07 Å². The predicted molar refractivity (Wildman–Crippen MR) is 92.7 cm³/mol. The molecule has 4 nitrogen and oxygen atoms in total. The van der Waals surface area contributed by atoms with Gasteiger partial charge in [0.15, 0.2) is 0 Å². The molecule has 1 aromatic heterocycles. The molecule has 0 atom stereocenters. The maximum absolute atomic E-state index is 11.7. The molecule has 24 heavy (non-hydrogen) atoms. The van der Waals surface area contributed by atoms with Crippen LogP contribution in [0.2, 0.25) is 0 Å². The summed E-state index contributed by atoms with van der Waals surface area (Å²) in [6.07, 6.45) is 3.39. The van der Waals surface area contributed by atoms with Crippen LogP contribution in [-0.2, 0) is 12.8 Å². The maximum Gasteiger partial charge on any atom is 0.336 e. The molecule has 0 aliphatic heterocycles. The zero-order chi connectivity index (χ0) is 16.7. The first-order valence-corrected chi connectivity index (χ1v) is 8.00. The Labute approximate surface area is 139 Å². The van der Waals surface area contributed by atoms with E-state index >= 15 is 0 Å². The topological polar surface area (TPSA) is 59.4 Å². The van der Waals surface area contributed by atoms with Crippen LogP contribution in [0.1, 0.15) is 27.9 Å². The highest BCUT2D eigenvalue weighted by atomic mass is 16.5. The van der Waals surface area contributed by atoms with Crippen LogP contribution >= 0.6 is 0 Å². The molecule has 0 spiro atoms. The van der Waals surface area contributed by atoms with Gasteiger partial charge in [-0.3, -0.25) is 0 Å². The number of fused-ring (bicyclic) bond motifs is 2. The molecule has 0 saturated heterocycles. The number of carboxylic acids is 1. The lowest BCUT2D eigenvalue weighted by molar-refractivity contribution is 0.0699. The van der Waals surface area contributed by atoms with E-state index in [9.17, 15) is 9.90 Å². The summed E-state index contributed by atoms with van der Waals surface area (Å²) >= 11 is 0. The molecule has 0 fully saturated rings. The molecule has 3 aromatic rings. The van der Waals surface area contributed by atoms with E-state index in [1.165, 1.54) is 17.5 Å². The van der Waals surface area contributed by atoms with E-state index in [4.69, 9.17) is 4.74 Å². The van der Waals surface area contributed by atoms with Crippen molar-refractivity contribution in [3.8, 4) is 17.0 Å². The summed E-state index contributed by atoms with van der Waals surface area (Å²) in [6.45, 7) is 0. The van der Waals surface area contributed by atoms with Gasteiger partial charge in [-0.2, -0.15) is 0 Å². The summed E-state index contributed by atoms with van der Waals surface area (Å²) in [6, 6.07) is 13.2. The fourth-order valence-corrected chi connectivity index (χ4v) is 3.39. The number of carboxylic acid groups (broad SMARTS) is 1. The second-order valence-corrected chi connectivity index (χ2v) is 6.08. The van der Waals surface area contributed by atoms with Crippen molar-refractivity contribution in [1.29, 1.82) is 0 Å². The molecule has 2 aromatic carbocycles. The minimum absolute atomic E-state index is 0.262. The molecule has 0 bridgehead atoms. The van der Waals surface area contributed by atoms with E-state index in [2.05, 4.69) is 17.1 Å². The van der Waals surface area contributed by atoms with Crippen molar-refractivity contribution in [3.63, 3.8) is 0 Å². The van der Waals surface area contributed by atoms with Crippen molar-refractivity contribution in [1.82, 2.24) is 4.98 Å². The van der Waals surface area contributed by atoms with E-state index in [0.29, 0.717) is 22.3 Å². The van der Waals surface area contributed by atoms with Gasteiger partial charge in [-0.1, -0.05) is 12.1 Å². The second kappa shape index (κ2) is 5.64. The van der Waals surface area contributed by atoms with Crippen molar-refractivity contribution in [2.24, 2.45) is 0 Å². The van der Waals surface area contributed by atoms with Crippen molar-refractivity contribution in [3.05, 3.63) is 59.2 Å². The van der Waals surface area contributed by atoms with Gasteiger partial charge >= 0.3 is 5.97 Å². The summed E-state index contributed by atoms with van der Waals surface area (Å²) in [4.78, 5) is 16.4. The maximum atomic E-state index is 11.7. The Bertz CT molecular complexity index is 963. The van der Waals surface area contributed by atoms with Crippen LogP contribution in [0, 0.1) is 0 Å². The number of aromatic carboxylic acids is 1. The number of methoxy groups -OCH3 is 1. The number of nitrogens with zero attached hydrogens (tertiary/aromatic N) is 1. The Balaban J connectivity index is 1.93. The smallest absolute Gasteiger partial charge is 0.336 e. The molecule has 1 aliphatic rings. The Hall–Kier alpha value is -2.88. The summed E-state index contributed by atoms with van der Waals surface area (Å²) in [5.41, 5.74) is 5.27. The number of pyridine rings is 1. The van der Waals surface area contributed by atoms with Crippen molar-refractivity contribution < 1.29 is 14.6 Å². The minimum atomic E-state index is -0.949. The van der Waals surface area contributed by atoms with Crippen molar-refractivity contribution in [2.45, 2.75) is 19.3 Å². The number of hydrogen-bond acceptors (Lipinski definition) is 3. The van der Waals surface area contributed by atoms with Crippen LogP contribution < -0.4 is 4.74 Å². The Morgan fingerprint density at radius 3 is 2.71 bits per heavy atom. The molecule has 1 aliphatic carbocycles. The lowest BCUT2D eigenvalue weighted by Crippen LogP contribution is -2.01. The third-order valence-electron chi connectivity index (χ3n) is 4.64. The molecular formula is C20H17NO3. The fraction of sp³-hybridized carbons (Fsp3) is 0.200. The number of carbonyl (C=O) groups is 1. The highest BCUT2D eigenvalue weighted by Gasteiger charge is 2.16. The molecule has 1 heterocycles. The third-order valence-corrected chi connectivity index (χ3v) is 4.64. The van der Waals surface area contributed by atoms with Gasteiger partial charge in [0.05, 0.1) is 23.9 Å². The standard InChI is InChI=1S/C20H17NO3/c1-24-15-7-8-16-17(20(22)23)11-18(21-19(16)10-15)14-6-5-12-3-2-4-13(12)9-14/h5-11H,2-4H2,1H3,(H,22,23). The zero-order valence-electron chi connectivity index (χ0n) is 13.4. The quantitative estimate of drug-likeness (QED) is 0.789. The van der Waals surface area contributed by atoms with Crippen LogP contribution in [0.25, 0.3) is 22.2 Å². The van der Waals surface area contributed by atoms with Crippen LogP contribution in [0.4, 0.5) is 0 Å². The van der Waals surface area contributed by atoms with Gasteiger partial charge < -0.3 is 9.84 Å². The molecule has 0 radical (unpaired) electrons. The number of rotatable bonds is 3. The zero-order valence-corrected chi connectivity index (χ0v) is 13.4. The third kappa shape index (κ3) is 2.40. The summed E-state index contributed by atoms with van der Waals surface area (Å²) < 4.78 is 5.24. The first kappa shape index (κ1) is 14.7. The molecule has 4 heteroatoms. The fourth-order valence-electron chi connectivity index (χ4n) is 3.39. The lowest BCUT2D eigenvalue weighted by atomic mass is 10.0. The lowest BCUT2D eigenvalue weighted by Gasteiger charge is -2.10. The van der Waals surface area contributed by atoms with E-state index in [0.717, 1.165) is 18.4 Å². The average Bonchev–Trinajstić information content (AvgIpc) is 3.07. The number of benzene rings is 2. The Kier molecular flexibility index (Phi) is 3.45. The van der Waals surface area contributed by atoms with Gasteiger partial charge in [0.1, 0.15) is 5.75 Å². The highest BCUT2D eigenvalue weighted by Crippen LogP contribution is 2.30. The van der Waals surface area contributed by atoms with Gasteiger partial charge in [0.2, 0.25) is 0 Å². The molecule has 120 valence electrons. The number of aromatic nitrogens is 1. The van der Waals surface area contributed by atoms with Gasteiger partial charge in [0.25, 0.3) is 0 Å². The molecule has 4 rings (SSSR count). The van der Waals surface area contributed by atoms with E-state index < -0.39 is 5.97 Å². The minimum Gasteiger partial charge on any atom is -0.497 e. The second-order valence-electron chi connectivity index (χ2n) is 6.08. The van der Waals surface area contributed by atoms with Crippen LogP contribution in [0.3, 0.4) is 0 Å². The normalized spacial score (nSPS) is 13.0. The van der Waals surface area contributed by atoms with Gasteiger partial charge in [-0.25, -0.2) is 9.78 Å². The van der Waals surface area contributed by atoms with Crippen molar-refractivity contribution in [2.75, 3.05) is 7.11 Å². The summed E-state index contributed by atoms with van der Waals surface area (Å²) in [5, 5.41) is 10.2. The average molecular weight is 319 g/mol. The number of ether oxygens (including phenoxy) is 1. The highest BCUT2D eigenvalue weighted by molar-refractivity contribution is 6.04.